The summed E-state index contributed by atoms with van der Waals surface area (Å²) in [7, 11) is 3.10. The van der Waals surface area contributed by atoms with Crippen LogP contribution in [0.25, 0.3) is 0 Å². The molecule has 3 N–H and O–H groups in total. The van der Waals surface area contributed by atoms with Gasteiger partial charge in [0.1, 0.15) is 11.5 Å². The standard InChI is InChI=1S/C22H25N3O4/c1-12-8-13(2)10-15(9-12)24-21(26)19-14(3)23-22(27)25-20(19)17-7-6-16(28-4)11-18(17)29-5/h6-11,20H,1-5H3,(H,24,26)(H2,23,25,27)/t20-/m0/s1. The maximum absolute atomic E-state index is 13.2. The minimum absolute atomic E-state index is 0.303. The van der Waals surface area contributed by atoms with Crippen LogP contribution in [0.3, 0.4) is 0 Å². The highest BCUT2D eigenvalue weighted by Crippen LogP contribution is 2.35. The van der Waals surface area contributed by atoms with E-state index in [2.05, 4.69) is 16.0 Å². The summed E-state index contributed by atoms with van der Waals surface area (Å²) in [4.78, 5) is 25.3. The highest BCUT2D eigenvalue weighted by Gasteiger charge is 2.33. The lowest BCUT2D eigenvalue weighted by molar-refractivity contribution is -0.113. The molecule has 3 rings (SSSR count). The van der Waals surface area contributed by atoms with E-state index in [4.69, 9.17) is 9.47 Å². The van der Waals surface area contributed by atoms with Crippen molar-refractivity contribution in [3.63, 3.8) is 0 Å². The third-order valence-electron chi connectivity index (χ3n) is 4.74. The van der Waals surface area contributed by atoms with E-state index in [0.717, 1.165) is 11.1 Å². The Balaban J connectivity index is 2.01. The fourth-order valence-electron chi connectivity index (χ4n) is 3.53. The molecule has 1 atom stereocenters. The van der Waals surface area contributed by atoms with E-state index in [1.807, 2.05) is 32.0 Å². The number of aryl methyl sites for hydroxylation is 2. The molecular formula is C22H25N3O4. The summed E-state index contributed by atoms with van der Waals surface area (Å²) in [5.74, 6) is 0.830. The van der Waals surface area contributed by atoms with Crippen LogP contribution in [0.5, 0.6) is 11.5 Å². The van der Waals surface area contributed by atoms with Crippen molar-refractivity contribution in [1.29, 1.82) is 0 Å². The van der Waals surface area contributed by atoms with Crippen LogP contribution in [0.2, 0.25) is 0 Å². The first kappa shape index (κ1) is 20.3. The van der Waals surface area contributed by atoms with E-state index >= 15 is 0 Å². The summed E-state index contributed by atoms with van der Waals surface area (Å²) >= 11 is 0. The van der Waals surface area contributed by atoms with Crippen LogP contribution in [0.1, 0.15) is 29.7 Å². The maximum Gasteiger partial charge on any atom is 0.319 e. The van der Waals surface area contributed by atoms with Gasteiger partial charge in [-0.3, -0.25) is 4.79 Å². The highest BCUT2D eigenvalue weighted by molar-refractivity contribution is 6.07. The van der Waals surface area contributed by atoms with Gasteiger partial charge in [-0.2, -0.15) is 0 Å². The number of amides is 3. The van der Waals surface area contributed by atoms with Crippen LogP contribution in [0, 0.1) is 13.8 Å². The average molecular weight is 395 g/mol. The topological polar surface area (TPSA) is 88.7 Å². The molecule has 0 bridgehead atoms. The molecule has 0 saturated heterocycles. The van der Waals surface area contributed by atoms with Crippen molar-refractivity contribution >= 4 is 17.6 Å². The number of nitrogens with one attached hydrogen (secondary N) is 3. The minimum atomic E-state index is -0.671. The van der Waals surface area contributed by atoms with E-state index < -0.39 is 6.04 Å². The van der Waals surface area contributed by atoms with Gasteiger partial charge in [0.25, 0.3) is 5.91 Å². The number of hydrogen-bond acceptors (Lipinski definition) is 4. The Labute approximate surface area is 170 Å². The number of rotatable bonds is 5. The molecule has 0 unspecified atom stereocenters. The van der Waals surface area contributed by atoms with E-state index in [-0.39, 0.29) is 11.9 Å². The van der Waals surface area contributed by atoms with Crippen LogP contribution in [0.4, 0.5) is 10.5 Å². The first-order valence-electron chi connectivity index (χ1n) is 9.22. The summed E-state index contributed by atoms with van der Waals surface area (Å²) in [5, 5.41) is 8.45. The summed E-state index contributed by atoms with van der Waals surface area (Å²) in [6.45, 7) is 5.65. The number of carbonyl (C=O) groups excluding carboxylic acids is 2. The fraction of sp³-hybridized carbons (Fsp3) is 0.273. The number of urea groups is 1. The van der Waals surface area contributed by atoms with Crippen LogP contribution in [0.15, 0.2) is 47.7 Å². The zero-order valence-electron chi connectivity index (χ0n) is 17.2. The number of benzene rings is 2. The molecule has 2 aromatic carbocycles. The number of methoxy groups -OCH3 is 2. The molecule has 2 aromatic rings. The van der Waals surface area contributed by atoms with Crippen molar-refractivity contribution in [3.05, 3.63) is 64.4 Å². The van der Waals surface area contributed by atoms with Crippen LogP contribution in [-0.4, -0.2) is 26.2 Å². The van der Waals surface area contributed by atoms with Gasteiger partial charge in [-0.15, -0.1) is 0 Å². The molecule has 7 nitrogen and oxygen atoms in total. The Bertz CT molecular complexity index is 977. The van der Waals surface area contributed by atoms with Crippen molar-refractivity contribution in [3.8, 4) is 11.5 Å². The molecule has 0 spiro atoms. The number of carbonyl (C=O) groups is 2. The molecule has 0 radical (unpaired) electrons. The van der Waals surface area contributed by atoms with E-state index in [0.29, 0.717) is 34.0 Å². The van der Waals surface area contributed by atoms with Crippen molar-refractivity contribution in [2.75, 3.05) is 19.5 Å². The third kappa shape index (κ3) is 4.34. The van der Waals surface area contributed by atoms with Crippen LogP contribution in [-0.2, 0) is 4.79 Å². The van der Waals surface area contributed by atoms with Crippen LogP contribution >= 0.6 is 0 Å². The van der Waals surface area contributed by atoms with Gasteiger partial charge in [0, 0.05) is 23.0 Å². The zero-order valence-corrected chi connectivity index (χ0v) is 17.2. The number of allylic oxidation sites excluding steroid dienone is 1. The fourth-order valence-corrected chi connectivity index (χ4v) is 3.53. The maximum atomic E-state index is 13.2. The predicted octanol–water partition coefficient (Wildman–Crippen LogP) is 3.59. The second kappa shape index (κ2) is 8.26. The van der Waals surface area contributed by atoms with Crippen LogP contribution < -0.4 is 25.4 Å². The quantitative estimate of drug-likeness (QED) is 0.722. The molecule has 0 fully saturated rings. The molecule has 7 heteroatoms. The van der Waals surface area contributed by atoms with E-state index in [1.54, 1.807) is 32.2 Å². The summed E-state index contributed by atoms with van der Waals surface area (Å²) in [6, 6.07) is 10.1. The minimum Gasteiger partial charge on any atom is -0.497 e. The normalized spacial score (nSPS) is 16.0. The smallest absolute Gasteiger partial charge is 0.319 e. The molecular weight excluding hydrogens is 370 g/mol. The van der Waals surface area contributed by atoms with E-state index in [9.17, 15) is 9.59 Å². The zero-order chi connectivity index (χ0) is 21.1. The largest absolute Gasteiger partial charge is 0.497 e. The van der Waals surface area contributed by atoms with E-state index in [1.165, 1.54) is 7.11 Å². The predicted molar refractivity (Wildman–Crippen MR) is 111 cm³/mol. The summed E-state index contributed by atoms with van der Waals surface area (Å²) in [6.07, 6.45) is 0. The van der Waals surface area contributed by atoms with Gasteiger partial charge in [0.2, 0.25) is 0 Å². The average Bonchev–Trinajstić information content (AvgIpc) is 2.65. The lowest BCUT2D eigenvalue weighted by Crippen LogP contribution is -2.46. The molecule has 0 aliphatic carbocycles. The molecule has 1 heterocycles. The van der Waals surface area contributed by atoms with Gasteiger partial charge in [0.15, 0.2) is 0 Å². The van der Waals surface area contributed by atoms with Gasteiger partial charge < -0.3 is 25.4 Å². The Morgan fingerprint density at radius 2 is 1.69 bits per heavy atom. The highest BCUT2D eigenvalue weighted by atomic mass is 16.5. The Morgan fingerprint density at radius 3 is 2.31 bits per heavy atom. The lowest BCUT2D eigenvalue weighted by atomic mass is 9.93. The Hall–Kier alpha value is -3.48. The van der Waals surface area contributed by atoms with Gasteiger partial charge >= 0.3 is 6.03 Å². The molecule has 29 heavy (non-hydrogen) atoms. The van der Waals surface area contributed by atoms with Gasteiger partial charge in [-0.1, -0.05) is 6.07 Å². The second-order valence-electron chi connectivity index (χ2n) is 7.01. The number of hydrogen-bond donors (Lipinski definition) is 3. The lowest BCUT2D eigenvalue weighted by Gasteiger charge is -2.29. The molecule has 1 aliphatic heterocycles. The first-order valence-corrected chi connectivity index (χ1v) is 9.22. The van der Waals surface area contributed by atoms with Gasteiger partial charge in [-0.05, 0) is 56.2 Å². The summed E-state index contributed by atoms with van der Waals surface area (Å²) in [5.41, 5.74) is 4.35. The SMILES string of the molecule is COc1ccc([C@@H]2NC(=O)NC(C)=C2C(=O)Nc2cc(C)cc(C)c2)c(OC)c1. The van der Waals surface area contributed by atoms with Crippen molar-refractivity contribution in [2.45, 2.75) is 26.8 Å². The van der Waals surface area contributed by atoms with Crippen molar-refractivity contribution < 1.29 is 19.1 Å². The Kier molecular flexibility index (Phi) is 5.77. The molecule has 0 aromatic heterocycles. The Morgan fingerprint density at radius 1 is 1.00 bits per heavy atom. The number of anilines is 1. The monoisotopic (exact) mass is 395 g/mol. The number of ether oxygens (including phenoxy) is 2. The molecule has 0 saturated carbocycles. The van der Waals surface area contributed by atoms with Crippen molar-refractivity contribution in [2.24, 2.45) is 0 Å². The molecule has 3 amide bonds. The third-order valence-corrected chi connectivity index (χ3v) is 4.74. The summed E-state index contributed by atoms with van der Waals surface area (Å²) < 4.78 is 10.7. The van der Waals surface area contributed by atoms with Gasteiger partial charge in [-0.25, -0.2) is 4.79 Å². The van der Waals surface area contributed by atoms with Crippen molar-refractivity contribution in [1.82, 2.24) is 10.6 Å². The van der Waals surface area contributed by atoms with Gasteiger partial charge in [0.05, 0.1) is 25.8 Å². The molecule has 152 valence electrons. The first-order chi connectivity index (χ1) is 13.8. The molecule has 1 aliphatic rings. The second-order valence-corrected chi connectivity index (χ2v) is 7.01.